The molecule has 0 bridgehead atoms. The molecule has 1 aromatic heterocycles. The zero-order valence-corrected chi connectivity index (χ0v) is 17.0. The van der Waals surface area contributed by atoms with Crippen LogP contribution in [0, 0.1) is 12.3 Å². The SMILES string of the molecule is COc1ccc2cc3n(c2c1)CC1(CCN(S(=O)(=O)c2ccc(C)cc2)C1)C3. The maximum atomic E-state index is 13.1. The highest BCUT2D eigenvalue weighted by Gasteiger charge is 2.47. The van der Waals surface area contributed by atoms with E-state index in [2.05, 4.69) is 22.8 Å². The molecule has 0 saturated carbocycles. The van der Waals surface area contributed by atoms with Crippen molar-refractivity contribution in [1.29, 1.82) is 0 Å². The predicted molar refractivity (Wildman–Crippen MR) is 109 cm³/mol. The van der Waals surface area contributed by atoms with Crippen molar-refractivity contribution in [3.8, 4) is 5.75 Å². The lowest BCUT2D eigenvalue weighted by Gasteiger charge is -2.23. The number of sulfonamides is 1. The first-order valence-corrected chi connectivity index (χ1v) is 11.1. The number of fused-ring (bicyclic) bond motifs is 3. The van der Waals surface area contributed by atoms with Crippen molar-refractivity contribution in [2.75, 3.05) is 20.2 Å². The lowest BCUT2D eigenvalue weighted by Crippen LogP contribution is -2.33. The van der Waals surface area contributed by atoms with Crippen LogP contribution < -0.4 is 4.74 Å². The number of aryl methyl sites for hydroxylation is 1. The Morgan fingerprint density at radius 3 is 2.57 bits per heavy atom. The minimum atomic E-state index is -3.44. The van der Waals surface area contributed by atoms with E-state index >= 15 is 0 Å². The van der Waals surface area contributed by atoms with Gasteiger partial charge in [0.25, 0.3) is 0 Å². The molecule has 1 fully saturated rings. The lowest BCUT2D eigenvalue weighted by atomic mass is 9.85. The first-order valence-electron chi connectivity index (χ1n) is 9.63. The van der Waals surface area contributed by atoms with E-state index in [9.17, 15) is 8.42 Å². The van der Waals surface area contributed by atoms with Gasteiger partial charge < -0.3 is 9.30 Å². The van der Waals surface area contributed by atoms with Gasteiger partial charge in [0.15, 0.2) is 0 Å². The number of hydrogen-bond donors (Lipinski definition) is 0. The highest BCUT2D eigenvalue weighted by molar-refractivity contribution is 7.89. The second-order valence-corrected chi connectivity index (χ2v) is 10.2. The van der Waals surface area contributed by atoms with E-state index in [4.69, 9.17) is 4.74 Å². The van der Waals surface area contributed by atoms with Crippen LogP contribution in [0.5, 0.6) is 5.75 Å². The monoisotopic (exact) mass is 396 g/mol. The number of aromatic nitrogens is 1. The number of nitrogens with zero attached hydrogens (tertiary/aromatic N) is 2. The summed E-state index contributed by atoms with van der Waals surface area (Å²) < 4.78 is 35.6. The van der Waals surface area contributed by atoms with Crippen LogP contribution in [-0.4, -0.2) is 37.5 Å². The molecule has 28 heavy (non-hydrogen) atoms. The first kappa shape index (κ1) is 17.8. The van der Waals surface area contributed by atoms with E-state index < -0.39 is 10.0 Å². The van der Waals surface area contributed by atoms with Crippen LogP contribution in [-0.2, 0) is 23.0 Å². The molecule has 5 rings (SSSR count). The molecule has 2 aliphatic heterocycles. The average Bonchev–Trinajstić information content (AvgIpc) is 3.35. The van der Waals surface area contributed by atoms with E-state index in [-0.39, 0.29) is 5.41 Å². The molecular weight excluding hydrogens is 372 g/mol. The van der Waals surface area contributed by atoms with Gasteiger partial charge in [-0.3, -0.25) is 0 Å². The summed E-state index contributed by atoms with van der Waals surface area (Å²) in [5.41, 5.74) is 3.52. The molecule has 6 heteroatoms. The molecule has 2 aromatic carbocycles. The topological polar surface area (TPSA) is 51.5 Å². The summed E-state index contributed by atoms with van der Waals surface area (Å²) in [6.45, 7) is 3.99. The minimum Gasteiger partial charge on any atom is -0.497 e. The van der Waals surface area contributed by atoms with E-state index in [1.807, 2.05) is 25.1 Å². The molecule has 146 valence electrons. The Morgan fingerprint density at radius 2 is 1.82 bits per heavy atom. The van der Waals surface area contributed by atoms with Crippen molar-refractivity contribution in [1.82, 2.24) is 8.87 Å². The van der Waals surface area contributed by atoms with E-state index in [1.165, 1.54) is 16.6 Å². The number of benzene rings is 2. The molecule has 2 aliphatic rings. The van der Waals surface area contributed by atoms with Crippen molar-refractivity contribution in [2.24, 2.45) is 5.41 Å². The van der Waals surface area contributed by atoms with Crippen LogP contribution >= 0.6 is 0 Å². The zero-order chi connectivity index (χ0) is 19.5. The summed E-state index contributed by atoms with van der Waals surface area (Å²) in [5.74, 6) is 0.851. The highest BCUT2D eigenvalue weighted by atomic mass is 32.2. The fourth-order valence-electron chi connectivity index (χ4n) is 4.76. The van der Waals surface area contributed by atoms with Gasteiger partial charge in [-0.15, -0.1) is 0 Å². The molecule has 0 amide bonds. The van der Waals surface area contributed by atoms with Crippen LogP contribution in [0.1, 0.15) is 17.7 Å². The molecule has 1 unspecified atom stereocenters. The summed E-state index contributed by atoms with van der Waals surface area (Å²) in [6, 6.07) is 15.5. The van der Waals surface area contributed by atoms with Crippen molar-refractivity contribution in [3.63, 3.8) is 0 Å². The quantitative estimate of drug-likeness (QED) is 0.680. The van der Waals surface area contributed by atoms with Gasteiger partial charge >= 0.3 is 0 Å². The smallest absolute Gasteiger partial charge is 0.243 e. The summed E-state index contributed by atoms with van der Waals surface area (Å²) in [4.78, 5) is 0.392. The van der Waals surface area contributed by atoms with Gasteiger partial charge in [-0.05, 0) is 50.1 Å². The van der Waals surface area contributed by atoms with Crippen molar-refractivity contribution in [3.05, 3.63) is 59.8 Å². The van der Waals surface area contributed by atoms with E-state index in [1.54, 1.807) is 23.5 Å². The Hall–Kier alpha value is -2.31. The van der Waals surface area contributed by atoms with Gasteiger partial charge in [0.1, 0.15) is 5.75 Å². The maximum Gasteiger partial charge on any atom is 0.243 e. The zero-order valence-electron chi connectivity index (χ0n) is 16.2. The minimum absolute atomic E-state index is 0.00956. The number of ether oxygens (including phenoxy) is 1. The van der Waals surface area contributed by atoms with Crippen LogP contribution in [0.2, 0.25) is 0 Å². The van der Waals surface area contributed by atoms with Crippen LogP contribution in [0.3, 0.4) is 0 Å². The van der Waals surface area contributed by atoms with Crippen molar-refractivity contribution >= 4 is 20.9 Å². The largest absolute Gasteiger partial charge is 0.497 e. The molecule has 1 spiro atoms. The summed E-state index contributed by atoms with van der Waals surface area (Å²) in [5, 5.41) is 1.22. The molecule has 1 atom stereocenters. The van der Waals surface area contributed by atoms with Gasteiger partial charge in [-0.1, -0.05) is 17.7 Å². The normalized spacial score (nSPS) is 22.2. The van der Waals surface area contributed by atoms with Crippen molar-refractivity contribution < 1.29 is 13.2 Å². The highest BCUT2D eigenvalue weighted by Crippen LogP contribution is 2.44. The molecule has 0 aliphatic carbocycles. The Bertz CT molecular complexity index is 1160. The van der Waals surface area contributed by atoms with Crippen LogP contribution in [0.25, 0.3) is 10.9 Å². The van der Waals surface area contributed by atoms with Crippen LogP contribution in [0.4, 0.5) is 0 Å². The molecule has 1 saturated heterocycles. The summed E-state index contributed by atoms with van der Waals surface area (Å²) in [7, 11) is -1.76. The van der Waals surface area contributed by atoms with Gasteiger partial charge in [0, 0.05) is 42.2 Å². The van der Waals surface area contributed by atoms with Gasteiger partial charge in [-0.25, -0.2) is 8.42 Å². The Balaban J connectivity index is 1.43. The maximum absolute atomic E-state index is 13.1. The van der Waals surface area contributed by atoms with Gasteiger partial charge in [0.2, 0.25) is 10.0 Å². The van der Waals surface area contributed by atoms with Crippen LogP contribution in [0.15, 0.2) is 53.4 Å². The molecular formula is C22H24N2O3S. The molecule has 0 radical (unpaired) electrons. The van der Waals surface area contributed by atoms with Gasteiger partial charge in [-0.2, -0.15) is 4.31 Å². The van der Waals surface area contributed by atoms with Crippen molar-refractivity contribution in [2.45, 2.75) is 31.2 Å². The average molecular weight is 397 g/mol. The third-order valence-corrected chi connectivity index (χ3v) is 8.17. The Labute approximate surface area is 165 Å². The molecule has 5 nitrogen and oxygen atoms in total. The molecule has 3 heterocycles. The second-order valence-electron chi connectivity index (χ2n) is 8.22. The standard InChI is InChI=1S/C22H24N2O3S/c1-16-3-7-20(8-4-16)28(25,26)23-10-9-22(14-23)13-18-11-17-5-6-19(27-2)12-21(17)24(18)15-22/h3-8,11-12H,9-10,13-15H2,1-2H3. The Morgan fingerprint density at radius 1 is 1.04 bits per heavy atom. The second kappa shape index (κ2) is 6.09. The fraction of sp³-hybridized carbons (Fsp3) is 0.364. The fourth-order valence-corrected chi connectivity index (χ4v) is 6.31. The first-order chi connectivity index (χ1) is 13.4. The molecule has 0 N–H and O–H groups in total. The number of methoxy groups -OCH3 is 1. The molecule has 3 aromatic rings. The van der Waals surface area contributed by atoms with Gasteiger partial charge in [0.05, 0.1) is 17.5 Å². The third-order valence-electron chi connectivity index (χ3n) is 6.31. The van der Waals surface area contributed by atoms with E-state index in [0.29, 0.717) is 18.0 Å². The predicted octanol–water partition coefficient (Wildman–Crippen LogP) is 3.60. The Kier molecular flexibility index (Phi) is 3.87. The summed E-state index contributed by atoms with van der Waals surface area (Å²) >= 11 is 0. The lowest BCUT2D eigenvalue weighted by molar-refractivity contribution is 0.299. The number of rotatable bonds is 3. The third kappa shape index (κ3) is 2.66. The van der Waals surface area contributed by atoms with E-state index in [0.717, 1.165) is 30.7 Å². The summed E-state index contributed by atoms with van der Waals surface area (Å²) in [6.07, 6.45) is 1.81. The number of hydrogen-bond acceptors (Lipinski definition) is 3.